The maximum Gasteiger partial charge on any atom is 0.311 e. The van der Waals surface area contributed by atoms with E-state index in [2.05, 4.69) is 6.58 Å². The molecule has 0 heterocycles. The van der Waals surface area contributed by atoms with E-state index in [1.807, 2.05) is 0 Å². The van der Waals surface area contributed by atoms with Crippen molar-refractivity contribution in [3.8, 4) is 5.75 Å². The van der Waals surface area contributed by atoms with Crippen LogP contribution in [0.5, 0.6) is 5.75 Å². The molecule has 0 spiro atoms. The molecule has 0 radical (unpaired) electrons. The number of aromatic hydroxyl groups is 1. The number of benzene rings is 1. The van der Waals surface area contributed by atoms with E-state index < -0.39 is 4.92 Å². The van der Waals surface area contributed by atoms with Gasteiger partial charge in [0.2, 0.25) is 0 Å². The Morgan fingerprint density at radius 3 is 2.87 bits per heavy atom. The Hall–Kier alpha value is -1.88. The van der Waals surface area contributed by atoms with Crippen LogP contribution >= 0.6 is 0 Å². The lowest BCUT2D eigenvalue weighted by Crippen LogP contribution is -2.09. The summed E-state index contributed by atoms with van der Waals surface area (Å²) in [6.07, 6.45) is 2.17. The summed E-state index contributed by atoms with van der Waals surface area (Å²) in [5.41, 5.74) is 6.03. The van der Waals surface area contributed by atoms with Gasteiger partial charge in [0.15, 0.2) is 5.75 Å². The Bertz CT molecular complexity index is 390. The monoisotopic (exact) mass is 208 g/mol. The minimum atomic E-state index is -0.639. The number of hydrogen-bond acceptors (Lipinski definition) is 4. The van der Waals surface area contributed by atoms with Crippen molar-refractivity contribution in [1.29, 1.82) is 0 Å². The van der Waals surface area contributed by atoms with Crippen LogP contribution in [0.2, 0.25) is 0 Å². The fraction of sp³-hybridized carbons (Fsp3) is 0.200. The molecule has 0 saturated carbocycles. The molecule has 1 rings (SSSR count). The number of hydrogen-bond donors (Lipinski definition) is 2. The lowest BCUT2D eigenvalue weighted by molar-refractivity contribution is -0.385. The Morgan fingerprint density at radius 2 is 2.33 bits per heavy atom. The quantitative estimate of drug-likeness (QED) is 0.449. The molecule has 0 aliphatic carbocycles. The lowest BCUT2D eigenvalue weighted by Gasteiger charge is -2.09. The standard InChI is InChI=1S/C10H12N2O3/c1-2-3-8(11)7-4-5-10(13)9(6-7)12(14)15/h2,4-6,8,13H,1,3,11H2/t8-/m0/s1. The summed E-state index contributed by atoms with van der Waals surface area (Å²) < 4.78 is 0. The minimum absolute atomic E-state index is 0.327. The summed E-state index contributed by atoms with van der Waals surface area (Å²) in [7, 11) is 0. The molecule has 0 bridgehead atoms. The van der Waals surface area contributed by atoms with Crippen LogP contribution in [-0.2, 0) is 0 Å². The van der Waals surface area contributed by atoms with Crippen LogP contribution in [0.4, 0.5) is 5.69 Å². The van der Waals surface area contributed by atoms with Gasteiger partial charge in [0.1, 0.15) is 0 Å². The van der Waals surface area contributed by atoms with Gasteiger partial charge in [-0.15, -0.1) is 6.58 Å². The number of nitrogens with two attached hydrogens (primary N) is 1. The van der Waals surface area contributed by atoms with E-state index in [-0.39, 0.29) is 17.5 Å². The van der Waals surface area contributed by atoms with E-state index in [4.69, 9.17) is 5.73 Å². The number of phenols is 1. The van der Waals surface area contributed by atoms with E-state index in [9.17, 15) is 15.2 Å². The van der Waals surface area contributed by atoms with Crippen molar-refractivity contribution in [2.75, 3.05) is 0 Å². The van der Waals surface area contributed by atoms with E-state index in [0.29, 0.717) is 12.0 Å². The maximum atomic E-state index is 10.5. The Morgan fingerprint density at radius 1 is 1.67 bits per heavy atom. The molecule has 0 saturated heterocycles. The zero-order chi connectivity index (χ0) is 11.4. The summed E-state index contributed by atoms with van der Waals surface area (Å²) in [4.78, 5) is 9.90. The fourth-order valence-corrected chi connectivity index (χ4v) is 1.23. The molecule has 0 aliphatic rings. The first-order valence-electron chi connectivity index (χ1n) is 4.40. The second-order valence-corrected chi connectivity index (χ2v) is 3.14. The number of nitrogens with zero attached hydrogens (tertiary/aromatic N) is 1. The van der Waals surface area contributed by atoms with Gasteiger partial charge in [-0.2, -0.15) is 0 Å². The number of rotatable bonds is 4. The van der Waals surface area contributed by atoms with Crippen LogP contribution in [0.15, 0.2) is 30.9 Å². The number of phenolic OH excluding ortho intramolecular Hbond substituents is 1. The number of nitro benzene ring substituents is 1. The summed E-state index contributed by atoms with van der Waals surface area (Å²) in [5, 5.41) is 19.8. The van der Waals surface area contributed by atoms with Crippen molar-refractivity contribution >= 4 is 5.69 Å². The average molecular weight is 208 g/mol. The third kappa shape index (κ3) is 2.54. The van der Waals surface area contributed by atoms with Crippen molar-refractivity contribution in [2.24, 2.45) is 5.73 Å². The Balaban J connectivity index is 3.06. The molecule has 3 N–H and O–H groups in total. The van der Waals surface area contributed by atoms with Crippen molar-refractivity contribution in [1.82, 2.24) is 0 Å². The molecule has 0 aliphatic heterocycles. The topological polar surface area (TPSA) is 89.4 Å². The fourth-order valence-electron chi connectivity index (χ4n) is 1.23. The van der Waals surface area contributed by atoms with Crippen molar-refractivity contribution < 1.29 is 10.0 Å². The minimum Gasteiger partial charge on any atom is -0.502 e. The first-order valence-corrected chi connectivity index (χ1v) is 4.40. The molecule has 15 heavy (non-hydrogen) atoms. The maximum absolute atomic E-state index is 10.5. The normalized spacial score (nSPS) is 12.1. The molecular weight excluding hydrogens is 196 g/mol. The van der Waals surface area contributed by atoms with E-state index >= 15 is 0 Å². The summed E-state index contributed by atoms with van der Waals surface area (Å²) in [5.74, 6) is -0.352. The molecule has 0 unspecified atom stereocenters. The third-order valence-corrected chi connectivity index (χ3v) is 2.04. The molecule has 1 atom stereocenters. The summed E-state index contributed by atoms with van der Waals surface area (Å²) in [6, 6.07) is 3.79. The van der Waals surface area contributed by atoms with E-state index in [0.717, 1.165) is 0 Å². The molecule has 0 aromatic heterocycles. The predicted molar refractivity (Wildman–Crippen MR) is 56.5 cm³/mol. The summed E-state index contributed by atoms with van der Waals surface area (Å²) in [6.45, 7) is 3.54. The second-order valence-electron chi connectivity index (χ2n) is 3.14. The number of nitro groups is 1. The van der Waals surface area contributed by atoms with Gasteiger partial charge in [0, 0.05) is 12.1 Å². The Kier molecular flexibility index (Phi) is 3.41. The summed E-state index contributed by atoms with van der Waals surface area (Å²) >= 11 is 0. The highest BCUT2D eigenvalue weighted by molar-refractivity contribution is 5.48. The van der Waals surface area contributed by atoms with Gasteiger partial charge in [0.05, 0.1) is 4.92 Å². The molecule has 1 aromatic rings. The zero-order valence-electron chi connectivity index (χ0n) is 8.09. The second kappa shape index (κ2) is 4.56. The highest BCUT2D eigenvalue weighted by atomic mass is 16.6. The molecule has 0 amide bonds. The van der Waals surface area contributed by atoms with Gasteiger partial charge in [-0.25, -0.2) is 0 Å². The van der Waals surface area contributed by atoms with Gasteiger partial charge in [-0.1, -0.05) is 12.1 Å². The highest BCUT2D eigenvalue weighted by Crippen LogP contribution is 2.28. The first kappa shape index (κ1) is 11.2. The van der Waals surface area contributed by atoms with Crippen LogP contribution in [0, 0.1) is 10.1 Å². The van der Waals surface area contributed by atoms with Crippen molar-refractivity contribution in [2.45, 2.75) is 12.5 Å². The molecule has 5 heteroatoms. The third-order valence-electron chi connectivity index (χ3n) is 2.04. The van der Waals surface area contributed by atoms with E-state index in [1.54, 1.807) is 12.1 Å². The largest absolute Gasteiger partial charge is 0.502 e. The Labute approximate surface area is 87.0 Å². The first-order chi connectivity index (χ1) is 7.06. The van der Waals surface area contributed by atoms with Crippen LogP contribution in [0.3, 0.4) is 0 Å². The highest BCUT2D eigenvalue weighted by Gasteiger charge is 2.15. The van der Waals surface area contributed by atoms with Crippen molar-refractivity contribution in [3.63, 3.8) is 0 Å². The molecule has 0 fully saturated rings. The van der Waals surface area contributed by atoms with Gasteiger partial charge >= 0.3 is 5.69 Å². The average Bonchev–Trinajstić information content (AvgIpc) is 2.18. The van der Waals surface area contributed by atoms with Crippen LogP contribution in [0.25, 0.3) is 0 Å². The van der Waals surface area contributed by atoms with Gasteiger partial charge in [-0.05, 0) is 18.1 Å². The smallest absolute Gasteiger partial charge is 0.311 e. The molecule has 5 nitrogen and oxygen atoms in total. The van der Waals surface area contributed by atoms with Gasteiger partial charge in [0.25, 0.3) is 0 Å². The SMILES string of the molecule is C=CC[C@H](N)c1ccc(O)c([N+](=O)[O-])c1. The molecule has 1 aromatic carbocycles. The van der Waals surface area contributed by atoms with Crippen LogP contribution < -0.4 is 5.73 Å². The predicted octanol–water partition coefficient (Wildman–Crippen LogP) is 1.88. The zero-order valence-corrected chi connectivity index (χ0v) is 8.09. The van der Waals surface area contributed by atoms with Gasteiger partial charge in [-0.3, -0.25) is 10.1 Å². The molecular formula is C10H12N2O3. The molecule has 80 valence electrons. The van der Waals surface area contributed by atoms with Crippen LogP contribution in [0.1, 0.15) is 18.0 Å². The van der Waals surface area contributed by atoms with E-state index in [1.165, 1.54) is 12.1 Å². The van der Waals surface area contributed by atoms with Gasteiger partial charge < -0.3 is 10.8 Å². The van der Waals surface area contributed by atoms with Crippen LogP contribution in [-0.4, -0.2) is 10.0 Å². The van der Waals surface area contributed by atoms with Crippen molar-refractivity contribution in [3.05, 3.63) is 46.5 Å². The lowest BCUT2D eigenvalue weighted by atomic mass is 10.0.